The number of rotatable bonds is 3. The van der Waals surface area contributed by atoms with Crippen molar-refractivity contribution in [1.29, 1.82) is 0 Å². The molecule has 2 rings (SSSR count). The number of nitrogens with two attached hydrogens (primary N) is 1. The molecule has 0 aliphatic carbocycles. The molecule has 1 aromatic rings. The molecule has 0 radical (unpaired) electrons. The summed E-state index contributed by atoms with van der Waals surface area (Å²) < 4.78 is 1.18. The molecule has 20 heavy (non-hydrogen) atoms. The Morgan fingerprint density at radius 2 is 2.30 bits per heavy atom. The zero-order chi connectivity index (χ0) is 14.7. The number of amides is 1. The van der Waals surface area contributed by atoms with Crippen molar-refractivity contribution in [3.8, 4) is 0 Å². The van der Waals surface area contributed by atoms with Crippen molar-refractivity contribution in [3.05, 3.63) is 27.3 Å². The maximum atomic E-state index is 12.1. The van der Waals surface area contributed by atoms with E-state index in [9.17, 15) is 4.79 Å². The van der Waals surface area contributed by atoms with Crippen molar-refractivity contribution in [2.75, 3.05) is 25.0 Å². The highest BCUT2D eigenvalue weighted by Crippen LogP contribution is 2.18. The van der Waals surface area contributed by atoms with Crippen molar-refractivity contribution in [2.24, 2.45) is 11.7 Å². The minimum atomic E-state index is 0.0380. The molecule has 0 bridgehead atoms. The predicted octanol–water partition coefficient (Wildman–Crippen LogP) is 2.21. The Balaban J connectivity index is 1.89. The summed E-state index contributed by atoms with van der Waals surface area (Å²) in [5, 5.41) is 2.99. The second-order valence-corrected chi connectivity index (χ2v) is 6.92. The summed E-state index contributed by atoms with van der Waals surface area (Å²) >= 11 is 2.27. The third-order valence-electron chi connectivity index (χ3n) is 3.93. The van der Waals surface area contributed by atoms with Crippen LogP contribution in [0.15, 0.2) is 18.2 Å². The van der Waals surface area contributed by atoms with E-state index < -0.39 is 0 Å². The average molecular weight is 387 g/mol. The first-order valence-electron chi connectivity index (χ1n) is 6.99. The third-order valence-corrected chi connectivity index (χ3v) is 4.60. The zero-order valence-electron chi connectivity index (χ0n) is 12.0. The molecule has 1 aliphatic heterocycles. The van der Waals surface area contributed by atoms with E-state index in [2.05, 4.69) is 45.8 Å². The highest BCUT2D eigenvalue weighted by atomic mass is 127. The van der Waals surface area contributed by atoms with Gasteiger partial charge in [-0.15, -0.1) is 0 Å². The summed E-state index contributed by atoms with van der Waals surface area (Å²) in [6, 6.07) is 6.20. The monoisotopic (exact) mass is 387 g/mol. The number of nitrogens with one attached hydrogen (secondary N) is 1. The standard InChI is InChI=1S/C15H22IN3O/c1-10-5-6-19(8-13(10)17)9-15(20)18-14-4-3-12(16)7-11(14)2/h3-4,7,10,13H,5-6,8-9,17H2,1-2H3,(H,18,20). The molecule has 3 N–H and O–H groups in total. The molecule has 0 saturated carbocycles. The number of anilines is 1. The Morgan fingerprint density at radius 3 is 2.95 bits per heavy atom. The Kier molecular flexibility index (Phi) is 5.40. The van der Waals surface area contributed by atoms with Crippen molar-refractivity contribution in [3.63, 3.8) is 0 Å². The van der Waals surface area contributed by atoms with Crippen LogP contribution in [0.25, 0.3) is 0 Å². The van der Waals surface area contributed by atoms with Crippen LogP contribution in [-0.4, -0.2) is 36.5 Å². The molecule has 1 amide bonds. The van der Waals surface area contributed by atoms with Gasteiger partial charge in [-0.2, -0.15) is 0 Å². The smallest absolute Gasteiger partial charge is 0.238 e. The molecule has 2 unspecified atom stereocenters. The van der Waals surface area contributed by atoms with Gasteiger partial charge in [-0.25, -0.2) is 0 Å². The van der Waals surface area contributed by atoms with Gasteiger partial charge in [0, 0.05) is 21.8 Å². The number of hydrogen-bond acceptors (Lipinski definition) is 3. The van der Waals surface area contributed by atoms with Gasteiger partial charge in [-0.05, 0) is 72.2 Å². The van der Waals surface area contributed by atoms with Gasteiger partial charge >= 0.3 is 0 Å². The fourth-order valence-corrected chi connectivity index (χ4v) is 3.12. The molecule has 1 aromatic carbocycles. The predicted molar refractivity (Wildman–Crippen MR) is 90.7 cm³/mol. The summed E-state index contributed by atoms with van der Waals surface area (Å²) in [6.07, 6.45) is 1.07. The van der Waals surface area contributed by atoms with Crippen LogP contribution in [0.1, 0.15) is 18.9 Å². The Bertz CT molecular complexity index is 492. The number of likely N-dealkylation sites (tertiary alicyclic amines) is 1. The van der Waals surface area contributed by atoms with Crippen LogP contribution in [0, 0.1) is 16.4 Å². The van der Waals surface area contributed by atoms with E-state index in [4.69, 9.17) is 5.73 Å². The van der Waals surface area contributed by atoms with E-state index in [-0.39, 0.29) is 11.9 Å². The van der Waals surface area contributed by atoms with Crippen LogP contribution in [0.3, 0.4) is 0 Å². The minimum Gasteiger partial charge on any atom is -0.326 e. The lowest BCUT2D eigenvalue weighted by Crippen LogP contribution is -2.49. The maximum absolute atomic E-state index is 12.1. The molecule has 1 fully saturated rings. The van der Waals surface area contributed by atoms with Gasteiger partial charge in [0.05, 0.1) is 6.54 Å². The molecule has 0 spiro atoms. The molecule has 0 aromatic heterocycles. The van der Waals surface area contributed by atoms with E-state index in [0.29, 0.717) is 12.5 Å². The van der Waals surface area contributed by atoms with E-state index in [1.807, 2.05) is 19.1 Å². The fraction of sp³-hybridized carbons (Fsp3) is 0.533. The summed E-state index contributed by atoms with van der Waals surface area (Å²) in [6.45, 7) is 6.37. The molecule has 2 atom stereocenters. The van der Waals surface area contributed by atoms with Crippen molar-refractivity contribution >= 4 is 34.2 Å². The Labute approximate surface area is 134 Å². The lowest BCUT2D eigenvalue weighted by Gasteiger charge is -2.34. The molecular formula is C15H22IN3O. The van der Waals surface area contributed by atoms with Crippen LogP contribution in [0.4, 0.5) is 5.69 Å². The van der Waals surface area contributed by atoms with Crippen molar-refractivity contribution < 1.29 is 4.79 Å². The van der Waals surface area contributed by atoms with Gasteiger partial charge in [-0.1, -0.05) is 6.92 Å². The maximum Gasteiger partial charge on any atom is 0.238 e. The van der Waals surface area contributed by atoms with Crippen LogP contribution in [0.2, 0.25) is 0 Å². The number of piperidine rings is 1. The van der Waals surface area contributed by atoms with Crippen LogP contribution in [-0.2, 0) is 4.79 Å². The number of carbonyl (C=O) groups is 1. The van der Waals surface area contributed by atoms with E-state index in [1.165, 1.54) is 3.57 Å². The number of hydrogen-bond donors (Lipinski definition) is 2. The molecule has 1 aliphatic rings. The zero-order valence-corrected chi connectivity index (χ0v) is 14.2. The van der Waals surface area contributed by atoms with Crippen LogP contribution < -0.4 is 11.1 Å². The average Bonchev–Trinajstić information content (AvgIpc) is 2.37. The number of aryl methyl sites for hydroxylation is 1. The van der Waals surface area contributed by atoms with Crippen molar-refractivity contribution in [1.82, 2.24) is 4.90 Å². The lowest BCUT2D eigenvalue weighted by atomic mass is 9.94. The first-order chi connectivity index (χ1) is 9.45. The first-order valence-corrected chi connectivity index (χ1v) is 8.07. The Morgan fingerprint density at radius 1 is 1.55 bits per heavy atom. The molecule has 1 saturated heterocycles. The first kappa shape index (κ1) is 15.7. The van der Waals surface area contributed by atoms with Gasteiger partial charge in [0.2, 0.25) is 5.91 Å². The Hall–Kier alpha value is -0.660. The summed E-state index contributed by atoms with van der Waals surface area (Å²) in [5.41, 5.74) is 8.05. The topological polar surface area (TPSA) is 58.4 Å². The quantitative estimate of drug-likeness (QED) is 0.782. The summed E-state index contributed by atoms with van der Waals surface area (Å²) in [4.78, 5) is 14.3. The number of halogens is 1. The number of nitrogens with zero attached hydrogens (tertiary/aromatic N) is 1. The SMILES string of the molecule is Cc1cc(I)ccc1NC(=O)CN1CCC(C)C(N)C1. The van der Waals surface area contributed by atoms with Gasteiger partial charge < -0.3 is 11.1 Å². The van der Waals surface area contributed by atoms with Gasteiger partial charge in [0.25, 0.3) is 0 Å². The van der Waals surface area contributed by atoms with Crippen molar-refractivity contribution in [2.45, 2.75) is 26.3 Å². The van der Waals surface area contributed by atoms with E-state index in [0.717, 1.165) is 30.8 Å². The largest absolute Gasteiger partial charge is 0.326 e. The van der Waals surface area contributed by atoms with Gasteiger partial charge in [0.1, 0.15) is 0 Å². The second kappa shape index (κ2) is 6.87. The number of benzene rings is 1. The fourth-order valence-electron chi connectivity index (χ4n) is 2.47. The third kappa shape index (κ3) is 4.17. The molecule has 1 heterocycles. The van der Waals surface area contributed by atoms with E-state index >= 15 is 0 Å². The highest BCUT2D eigenvalue weighted by molar-refractivity contribution is 14.1. The normalized spacial score (nSPS) is 23.6. The molecular weight excluding hydrogens is 365 g/mol. The minimum absolute atomic E-state index is 0.0380. The second-order valence-electron chi connectivity index (χ2n) is 5.67. The van der Waals surface area contributed by atoms with Crippen LogP contribution >= 0.6 is 22.6 Å². The van der Waals surface area contributed by atoms with Gasteiger partial charge in [-0.3, -0.25) is 9.69 Å². The lowest BCUT2D eigenvalue weighted by molar-refractivity contribution is -0.117. The molecule has 5 heteroatoms. The molecule has 110 valence electrons. The highest BCUT2D eigenvalue weighted by Gasteiger charge is 2.24. The van der Waals surface area contributed by atoms with Crippen LogP contribution in [0.5, 0.6) is 0 Å². The molecule has 4 nitrogen and oxygen atoms in total. The summed E-state index contributed by atoms with van der Waals surface area (Å²) in [7, 11) is 0. The summed E-state index contributed by atoms with van der Waals surface area (Å²) in [5.74, 6) is 0.587. The van der Waals surface area contributed by atoms with E-state index in [1.54, 1.807) is 0 Å². The number of carbonyl (C=O) groups excluding carboxylic acids is 1. The van der Waals surface area contributed by atoms with Gasteiger partial charge in [0.15, 0.2) is 0 Å².